The molecule has 0 spiro atoms. The van der Waals surface area contributed by atoms with Crippen LogP contribution in [0.1, 0.15) is 18.4 Å². The molecule has 0 bridgehead atoms. The number of halogens is 2. The Morgan fingerprint density at radius 3 is 2.48 bits per heavy atom. The Hall–Kier alpha value is -3.04. The van der Waals surface area contributed by atoms with Crippen LogP contribution in [0.25, 0.3) is 5.69 Å². The first-order valence-corrected chi connectivity index (χ1v) is 11.4. The van der Waals surface area contributed by atoms with Gasteiger partial charge in [0.1, 0.15) is 18.0 Å². The molecule has 2 aliphatic rings. The Bertz CT molecular complexity index is 1090. The summed E-state index contributed by atoms with van der Waals surface area (Å²) in [5, 5.41) is 7.54. The third-order valence-electron chi connectivity index (χ3n) is 6.25. The molecule has 0 saturated carbocycles. The van der Waals surface area contributed by atoms with Crippen molar-refractivity contribution in [2.45, 2.75) is 25.8 Å². The maximum Gasteiger partial charge on any atom is 0.246 e. The Morgan fingerprint density at radius 1 is 0.970 bits per heavy atom. The molecule has 174 valence electrons. The van der Waals surface area contributed by atoms with Crippen LogP contribution in [0.3, 0.4) is 0 Å². The van der Waals surface area contributed by atoms with Gasteiger partial charge in [0.15, 0.2) is 0 Å². The van der Waals surface area contributed by atoms with Crippen molar-refractivity contribution >= 4 is 17.3 Å². The molecule has 2 saturated heterocycles. The molecular weight excluding hydrogens is 426 g/mol. The van der Waals surface area contributed by atoms with Crippen LogP contribution >= 0.6 is 0 Å². The zero-order valence-corrected chi connectivity index (χ0v) is 18.7. The molecule has 3 heterocycles. The fraction of sp³-hybridized carbons (Fsp3) is 0.417. The quantitative estimate of drug-likeness (QED) is 0.631. The minimum absolute atomic E-state index is 0.277. The molecule has 1 aromatic heterocycles. The van der Waals surface area contributed by atoms with Gasteiger partial charge in [0.2, 0.25) is 5.95 Å². The number of aryl methyl sites for hydroxylation is 1. The van der Waals surface area contributed by atoms with Gasteiger partial charge in [-0.25, -0.2) is 13.5 Å². The number of piperazine rings is 1. The van der Waals surface area contributed by atoms with Crippen LogP contribution in [0.4, 0.5) is 26.1 Å². The van der Waals surface area contributed by atoms with E-state index in [1.807, 2.05) is 6.07 Å². The minimum Gasteiger partial charge on any atom is -0.380 e. The lowest BCUT2D eigenvalue weighted by atomic mass is 10.1. The molecule has 5 rings (SSSR count). The summed E-state index contributed by atoms with van der Waals surface area (Å²) in [6.07, 6.45) is 3.80. The highest BCUT2D eigenvalue weighted by Crippen LogP contribution is 2.26. The Balaban J connectivity index is 1.26. The number of rotatable bonds is 5. The Labute approximate surface area is 192 Å². The summed E-state index contributed by atoms with van der Waals surface area (Å²) in [7, 11) is 0. The van der Waals surface area contributed by atoms with E-state index in [4.69, 9.17) is 4.74 Å². The van der Waals surface area contributed by atoms with Gasteiger partial charge < -0.3 is 15.0 Å². The standard InChI is InChI=1S/C24H28F2N6O/c1-17-9-20(28-24-27-16-32(29-24)23-12-18(25)11-19(26)13-23)14-22(10-17)31-6-4-30(5-7-31)21-3-2-8-33-15-21/h9-14,16,21H,2-8,15H2,1H3,(H,28,29). The average molecular weight is 455 g/mol. The summed E-state index contributed by atoms with van der Waals surface area (Å²) in [6.45, 7) is 7.80. The maximum absolute atomic E-state index is 13.5. The molecule has 2 fully saturated rings. The van der Waals surface area contributed by atoms with E-state index in [1.165, 1.54) is 29.6 Å². The van der Waals surface area contributed by atoms with Crippen molar-refractivity contribution in [1.29, 1.82) is 0 Å². The molecular formula is C24H28F2N6O. The molecule has 33 heavy (non-hydrogen) atoms. The van der Waals surface area contributed by atoms with Crippen molar-refractivity contribution in [3.05, 3.63) is 59.9 Å². The Morgan fingerprint density at radius 2 is 1.76 bits per heavy atom. The summed E-state index contributed by atoms with van der Waals surface area (Å²) in [4.78, 5) is 9.20. The van der Waals surface area contributed by atoms with E-state index in [2.05, 4.69) is 44.3 Å². The first-order valence-electron chi connectivity index (χ1n) is 11.4. The van der Waals surface area contributed by atoms with Crippen LogP contribution in [0.5, 0.6) is 0 Å². The van der Waals surface area contributed by atoms with E-state index in [-0.39, 0.29) is 5.69 Å². The topological polar surface area (TPSA) is 58.5 Å². The highest BCUT2D eigenvalue weighted by Gasteiger charge is 2.26. The predicted molar refractivity (Wildman–Crippen MR) is 123 cm³/mol. The highest BCUT2D eigenvalue weighted by molar-refractivity contribution is 5.64. The fourth-order valence-corrected chi connectivity index (χ4v) is 4.62. The van der Waals surface area contributed by atoms with Crippen LogP contribution < -0.4 is 10.2 Å². The van der Waals surface area contributed by atoms with Gasteiger partial charge in [-0.2, -0.15) is 4.98 Å². The lowest BCUT2D eigenvalue weighted by Crippen LogP contribution is -2.52. The third-order valence-corrected chi connectivity index (χ3v) is 6.25. The minimum atomic E-state index is -0.658. The van der Waals surface area contributed by atoms with Gasteiger partial charge in [0.25, 0.3) is 0 Å². The summed E-state index contributed by atoms with van der Waals surface area (Å²) in [5.74, 6) is -0.956. The number of hydrogen-bond donors (Lipinski definition) is 1. The van der Waals surface area contributed by atoms with Crippen LogP contribution in [-0.2, 0) is 4.74 Å². The third kappa shape index (κ3) is 5.15. The zero-order chi connectivity index (χ0) is 22.8. The fourth-order valence-electron chi connectivity index (χ4n) is 4.62. The normalized spacial score (nSPS) is 19.6. The molecule has 2 aliphatic heterocycles. The molecule has 9 heteroatoms. The maximum atomic E-state index is 13.5. The molecule has 1 N–H and O–H groups in total. The molecule has 1 atom stereocenters. The lowest BCUT2D eigenvalue weighted by molar-refractivity contribution is 0.0159. The molecule has 3 aromatic rings. The number of nitrogens with zero attached hydrogens (tertiary/aromatic N) is 5. The smallest absolute Gasteiger partial charge is 0.246 e. The predicted octanol–water partition coefficient (Wildman–Crippen LogP) is 3.90. The van der Waals surface area contributed by atoms with E-state index in [0.29, 0.717) is 12.0 Å². The SMILES string of the molecule is Cc1cc(Nc2ncn(-c3cc(F)cc(F)c3)n2)cc(N2CCN(C3CCCOC3)CC2)c1. The zero-order valence-electron chi connectivity index (χ0n) is 18.7. The molecule has 0 radical (unpaired) electrons. The van der Waals surface area contributed by atoms with Gasteiger partial charge in [-0.15, -0.1) is 5.10 Å². The summed E-state index contributed by atoms with van der Waals surface area (Å²) in [6, 6.07) is 10.1. The summed E-state index contributed by atoms with van der Waals surface area (Å²) < 4.78 is 34.1. The van der Waals surface area contributed by atoms with Gasteiger partial charge in [-0.05, 0) is 55.7 Å². The van der Waals surface area contributed by atoms with Gasteiger partial charge >= 0.3 is 0 Å². The van der Waals surface area contributed by atoms with Gasteiger partial charge in [0.05, 0.1) is 12.3 Å². The number of anilines is 3. The summed E-state index contributed by atoms with van der Waals surface area (Å²) >= 11 is 0. The van der Waals surface area contributed by atoms with Crippen molar-refractivity contribution in [2.75, 3.05) is 49.6 Å². The number of benzene rings is 2. The number of hydrogen-bond acceptors (Lipinski definition) is 6. The largest absolute Gasteiger partial charge is 0.380 e. The second kappa shape index (κ2) is 9.44. The van der Waals surface area contributed by atoms with Crippen LogP contribution in [0.2, 0.25) is 0 Å². The van der Waals surface area contributed by atoms with Crippen molar-refractivity contribution in [1.82, 2.24) is 19.7 Å². The molecule has 1 unspecified atom stereocenters. The Kier molecular flexibility index (Phi) is 6.24. The van der Waals surface area contributed by atoms with E-state index >= 15 is 0 Å². The lowest BCUT2D eigenvalue weighted by Gasteiger charge is -2.41. The van der Waals surface area contributed by atoms with Crippen LogP contribution in [0, 0.1) is 18.6 Å². The van der Waals surface area contributed by atoms with Crippen molar-refractivity contribution in [3.8, 4) is 5.69 Å². The van der Waals surface area contributed by atoms with E-state index in [0.717, 1.165) is 68.8 Å². The van der Waals surface area contributed by atoms with Crippen molar-refractivity contribution in [3.63, 3.8) is 0 Å². The molecule has 0 amide bonds. The van der Waals surface area contributed by atoms with Gasteiger partial charge in [-0.1, -0.05) is 0 Å². The average Bonchev–Trinajstić information content (AvgIpc) is 3.27. The molecule has 0 aliphatic carbocycles. The second-order valence-electron chi connectivity index (χ2n) is 8.72. The van der Waals surface area contributed by atoms with Crippen molar-refractivity contribution < 1.29 is 13.5 Å². The van der Waals surface area contributed by atoms with E-state index < -0.39 is 11.6 Å². The first kappa shape index (κ1) is 21.8. The number of aromatic nitrogens is 3. The molecule has 2 aromatic carbocycles. The number of nitrogens with one attached hydrogen (secondary N) is 1. The summed E-state index contributed by atoms with van der Waals surface area (Å²) in [5.41, 5.74) is 3.43. The van der Waals surface area contributed by atoms with E-state index in [1.54, 1.807) is 0 Å². The second-order valence-corrected chi connectivity index (χ2v) is 8.72. The first-order chi connectivity index (χ1) is 16.0. The monoisotopic (exact) mass is 454 g/mol. The van der Waals surface area contributed by atoms with Crippen LogP contribution in [-0.4, -0.2) is 65.1 Å². The highest BCUT2D eigenvalue weighted by atomic mass is 19.1. The van der Waals surface area contributed by atoms with Gasteiger partial charge in [0, 0.05) is 56.3 Å². The van der Waals surface area contributed by atoms with Gasteiger partial charge in [-0.3, -0.25) is 4.90 Å². The van der Waals surface area contributed by atoms with Crippen LogP contribution in [0.15, 0.2) is 42.7 Å². The molecule has 7 nitrogen and oxygen atoms in total. The van der Waals surface area contributed by atoms with E-state index in [9.17, 15) is 8.78 Å². The van der Waals surface area contributed by atoms with Crippen molar-refractivity contribution in [2.24, 2.45) is 0 Å². The number of ether oxygens (including phenoxy) is 1.